The molecular formula is C90H54BN3O2S2. The smallest absolute Gasteiger partial charge is 0.252 e. The Bertz CT molecular complexity index is 6050. The molecule has 0 aliphatic carbocycles. The molecule has 456 valence electrons. The zero-order valence-electron chi connectivity index (χ0n) is 52.7. The van der Waals surface area contributed by atoms with E-state index in [9.17, 15) is 0 Å². The summed E-state index contributed by atoms with van der Waals surface area (Å²) >= 11 is 3.75. The van der Waals surface area contributed by atoms with Crippen LogP contribution in [-0.4, -0.2) is 6.71 Å². The minimum absolute atomic E-state index is 0.273. The van der Waals surface area contributed by atoms with Gasteiger partial charge in [0.2, 0.25) is 0 Å². The largest absolute Gasteiger partial charge is 0.454 e. The van der Waals surface area contributed by atoms with E-state index >= 15 is 0 Å². The SMILES string of the molecule is c1ccc(-c2ccc(N(c3ccc(-c4ccccc4)cc3)c3cc4c5c(c3)N(c3c(-c6ccccc6)ccc6c3oc3ccccc36)c3cc6c(cc3B5c3cc5sc7ccccc7c5cc3N4c3c(-c4ccccc4)ccc4c3oc3ccccc34)sc3ccccc36)cc2)cc1. The normalized spacial score (nSPS) is 12.6. The molecule has 21 rings (SSSR count). The van der Waals surface area contributed by atoms with E-state index in [1.54, 1.807) is 0 Å². The van der Waals surface area contributed by atoms with Gasteiger partial charge in [0, 0.05) is 107 Å². The van der Waals surface area contributed by atoms with Gasteiger partial charge in [-0.3, -0.25) is 0 Å². The van der Waals surface area contributed by atoms with Gasteiger partial charge in [0.1, 0.15) is 11.2 Å². The van der Waals surface area contributed by atoms with Gasteiger partial charge in [-0.05, 0) is 147 Å². The summed E-state index contributed by atoms with van der Waals surface area (Å²) in [7, 11) is 0. The molecule has 6 heterocycles. The Kier molecular flexibility index (Phi) is 12.2. The highest BCUT2D eigenvalue weighted by atomic mass is 32.1. The highest BCUT2D eigenvalue weighted by Crippen LogP contribution is 2.56. The molecule has 98 heavy (non-hydrogen) atoms. The van der Waals surface area contributed by atoms with E-state index in [2.05, 4.69) is 342 Å². The average Bonchev–Trinajstić information content (AvgIpc) is 1.05. The predicted octanol–water partition coefficient (Wildman–Crippen LogP) is 24.4. The van der Waals surface area contributed by atoms with Gasteiger partial charge in [-0.1, -0.05) is 231 Å². The molecule has 0 saturated heterocycles. The van der Waals surface area contributed by atoms with Crippen LogP contribution < -0.4 is 31.1 Å². The molecule has 8 heteroatoms. The van der Waals surface area contributed by atoms with Crippen molar-refractivity contribution in [1.29, 1.82) is 0 Å². The topological polar surface area (TPSA) is 36.0 Å². The van der Waals surface area contributed by atoms with Gasteiger partial charge in [-0.15, -0.1) is 22.7 Å². The Morgan fingerprint density at radius 2 is 0.633 bits per heavy atom. The molecule has 0 saturated carbocycles. The first kappa shape index (κ1) is 55.1. The summed E-state index contributed by atoms with van der Waals surface area (Å²) in [4.78, 5) is 7.70. The maximum atomic E-state index is 7.47. The van der Waals surface area contributed by atoms with E-state index in [-0.39, 0.29) is 6.71 Å². The first-order valence-electron chi connectivity index (χ1n) is 33.4. The van der Waals surface area contributed by atoms with Crippen molar-refractivity contribution >= 4 is 181 Å². The van der Waals surface area contributed by atoms with Crippen molar-refractivity contribution in [3.8, 4) is 44.5 Å². The van der Waals surface area contributed by atoms with Gasteiger partial charge in [0.05, 0.1) is 17.1 Å². The molecule has 0 N–H and O–H groups in total. The molecule has 0 fully saturated rings. The van der Waals surface area contributed by atoms with E-state index in [0.717, 1.165) is 140 Å². The summed E-state index contributed by atoms with van der Waals surface area (Å²) in [5.74, 6) is 0. The van der Waals surface area contributed by atoms with Gasteiger partial charge in [0.15, 0.2) is 11.2 Å². The van der Waals surface area contributed by atoms with Gasteiger partial charge >= 0.3 is 0 Å². The molecule has 2 aliphatic rings. The van der Waals surface area contributed by atoms with Crippen LogP contribution in [0.2, 0.25) is 0 Å². The molecule has 0 spiro atoms. The van der Waals surface area contributed by atoms with E-state index in [1.165, 1.54) is 56.7 Å². The van der Waals surface area contributed by atoms with Gasteiger partial charge in [-0.2, -0.15) is 0 Å². The lowest BCUT2D eigenvalue weighted by Gasteiger charge is -2.45. The Balaban J connectivity index is 0.959. The molecule has 5 nitrogen and oxygen atoms in total. The molecular weight excluding hydrogens is 1230 g/mol. The van der Waals surface area contributed by atoms with Crippen molar-refractivity contribution < 1.29 is 8.83 Å². The molecule has 0 radical (unpaired) electrons. The minimum atomic E-state index is -0.273. The molecule has 0 unspecified atom stereocenters. The summed E-state index contributed by atoms with van der Waals surface area (Å²) in [6.07, 6.45) is 0. The van der Waals surface area contributed by atoms with Crippen molar-refractivity contribution in [2.45, 2.75) is 0 Å². The second kappa shape index (κ2) is 21.7. The van der Waals surface area contributed by atoms with Crippen LogP contribution in [0.1, 0.15) is 0 Å². The zero-order chi connectivity index (χ0) is 64.1. The van der Waals surface area contributed by atoms with E-state index in [0.29, 0.717) is 0 Å². The number of hydrogen-bond donors (Lipinski definition) is 0. The molecule has 0 atom stereocenters. The van der Waals surface area contributed by atoms with Crippen LogP contribution in [0.5, 0.6) is 0 Å². The Labute approximate surface area is 572 Å². The monoisotopic (exact) mass is 1280 g/mol. The average molecular weight is 1280 g/mol. The second-order valence-electron chi connectivity index (χ2n) is 25.8. The fourth-order valence-electron chi connectivity index (χ4n) is 16.0. The van der Waals surface area contributed by atoms with E-state index < -0.39 is 0 Å². The summed E-state index contributed by atoms with van der Waals surface area (Å²) < 4.78 is 19.9. The van der Waals surface area contributed by atoms with Crippen molar-refractivity contribution in [1.82, 2.24) is 0 Å². The summed E-state index contributed by atoms with van der Waals surface area (Å²) in [5, 5.41) is 9.13. The number of hydrogen-bond acceptors (Lipinski definition) is 7. The fraction of sp³-hybridized carbons (Fsp3) is 0. The van der Waals surface area contributed by atoms with Crippen molar-refractivity contribution in [3.63, 3.8) is 0 Å². The van der Waals surface area contributed by atoms with Gasteiger partial charge in [-0.25, -0.2) is 0 Å². The first-order chi connectivity index (χ1) is 48.6. The van der Waals surface area contributed by atoms with Gasteiger partial charge in [0.25, 0.3) is 6.71 Å². The lowest BCUT2D eigenvalue weighted by Crippen LogP contribution is -2.61. The molecule has 0 bridgehead atoms. The third-order valence-corrected chi connectivity index (χ3v) is 22.7. The predicted molar refractivity (Wildman–Crippen MR) is 417 cm³/mol. The number of nitrogens with zero attached hydrogens (tertiary/aromatic N) is 3. The molecule has 4 aromatic heterocycles. The van der Waals surface area contributed by atoms with Crippen LogP contribution in [0.15, 0.2) is 336 Å². The maximum Gasteiger partial charge on any atom is 0.252 e. The van der Waals surface area contributed by atoms with E-state index in [4.69, 9.17) is 8.83 Å². The highest BCUT2D eigenvalue weighted by Gasteiger charge is 2.47. The third kappa shape index (κ3) is 8.38. The van der Waals surface area contributed by atoms with Crippen LogP contribution in [0.3, 0.4) is 0 Å². The van der Waals surface area contributed by atoms with E-state index in [1.807, 2.05) is 22.7 Å². The van der Waals surface area contributed by atoms with Crippen LogP contribution in [0, 0.1) is 0 Å². The Hall–Kier alpha value is -12.2. The van der Waals surface area contributed by atoms with Crippen LogP contribution in [0.25, 0.3) is 129 Å². The summed E-state index contributed by atoms with van der Waals surface area (Å²) in [5.41, 5.74) is 25.0. The van der Waals surface area contributed by atoms with Crippen molar-refractivity contribution in [3.05, 3.63) is 328 Å². The molecule has 19 aromatic rings. The number of para-hydroxylation sites is 2. The minimum Gasteiger partial charge on any atom is -0.454 e. The standard InChI is InChI=1S/C90H54BN3O2S2/c1-5-21-55(22-6-1)57-37-41-61(42-38-57)92(62-43-39-58(40-44-62)56-23-7-2-8-24-56)63-49-78-86-79(50-63)94(88-65(60-27-11-4-12-28-60)46-48-71-67-30-14-18-34-81(67)96-90(71)88)77-52-73-69-32-16-20-36-83(69)98-85(73)54-75(77)91(86)74-53-84-72(68-31-15-19-35-82(68)97-84)51-76(74)93(78)87-64(59-25-9-3-10-26-59)45-47-70-66-29-13-17-33-80(66)95-89(70)87/h1-54H. The number of benzene rings is 15. The van der Waals surface area contributed by atoms with Crippen LogP contribution in [-0.2, 0) is 0 Å². The van der Waals surface area contributed by atoms with Gasteiger partial charge < -0.3 is 23.5 Å². The molecule has 0 amide bonds. The Morgan fingerprint density at radius 1 is 0.265 bits per heavy atom. The number of anilines is 9. The molecule has 15 aromatic carbocycles. The number of furan rings is 2. The van der Waals surface area contributed by atoms with Crippen molar-refractivity contribution in [2.24, 2.45) is 0 Å². The number of thiophene rings is 2. The van der Waals surface area contributed by atoms with Crippen LogP contribution >= 0.6 is 22.7 Å². The maximum absolute atomic E-state index is 7.47. The number of fused-ring (bicyclic) bond motifs is 16. The van der Waals surface area contributed by atoms with Crippen molar-refractivity contribution in [2.75, 3.05) is 14.7 Å². The second-order valence-corrected chi connectivity index (χ2v) is 27.9. The highest BCUT2D eigenvalue weighted by molar-refractivity contribution is 7.26. The third-order valence-electron chi connectivity index (χ3n) is 20.4. The Morgan fingerprint density at radius 3 is 1.06 bits per heavy atom. The molecule has 2 aliphatic heterocycles. The van der Waals surface area contributed by atoms with Crippen LogP contribution in [0.4, 0.5) is 51.2 Å². The summed E-state index contributed by atoms with van der Waals surface area (Å²) in [6.45, 7) is -0.273. The quantitative estimate of drug-likeness (QED) is 0.135. The fourth-order valence-corrected chi connectivity index (χ4v) is 18.3. The first-order valence-corrected chi connectivity index (χ1v) is 35.0. The lowest BCUT2D eigenvalue weighted by molar-refractivity contribution is 0.669. The zero-order valence-corrected chi connectivity index (χ0v) is 54.4. The lowest BCUT2D eigenvalue weighted by atomic mass is 9.33. The number of rotatable bonds is 9. The summed E-state index contributed by atoms with van der Waals surface area (Å²) in [6, 6.07) is 121.